The van der Waals surface area contributed by atoms with E-state index >= 15 is 0 Å². The van der Waals surface area contributed by atoms with E-state index in [2.05, 4.69) is 5.32 Å². The lowest BCUT2D eigenvalue weighted by Gasteiger charge is -2.20. The summed E-state index contributed by atoms with van der Waals surface area (Å²) in [6.45, 7) is 4.32. The second-order valence-corrected chi connectivity index (χ2v) is 7.23. The fraction of sp³-hybridized carbons (Fsp3) is 0.579. The number of hydrogen-bond acceptors (Lipinski definition) is 4. The molecule has 0 saturated carbocycles. The summed E-state index contributed by atoms with van der Waals surface area (Å²) < 4.78 is 11.1. The van der Waals surface area contributed by atoms with Crippen LogP contribution in [0.3, 0.4) is 0 Å². The van der Waals surface area contributed by atoms with E-state index in [0.29, 0.717) is 22.9 Å². The third kappa shape index (κ3) is 4.75. The van der Waals surface area contributed by atoms with Gasteiger partial charge in [-0.15, -0.1) is 0 Å². The number of rotatable bonds is 6. The number of carbonyl (C=O) groups is 2. The normalized spacial score (nSPS) is 21.0. The van der Waals surface area contributed by atoms with Gasteiger partial charge in [0.15, 0.2) is 0 Å². The zero-order valence-electron chi connectivity index (χ0n) is 15.0. The average molecular weight is 381 g/mol. The van der Waals surface area contributed by atoms with Gasteiger partial charge in [-0.1, -0.05) is 11.6 Å². The van der Waals surface area contributed by atoms with Crippen molar-refractivity contribution in [1.29, 1.82) is 0 Å². The monoisotopic (exact) mass is 380 g/mol. The second kappa shape index (κ2) is 8.84. The molecule has 6 nitrogen and oxygen atoms in total. The quantitative estimate of drug-likeness (QED) is 0.823. The molecular formula is C19H25ClN2O4. The summed E-state index contributed by atoms with van der Waals surface area (Å²) in [5.74, 6) is -0.386. The van der Waals surface area contributed by atoms with Gasteiger partial charge in [0.2, 0.25) is 0 Å². The zero-order valence-corrected chi connectivity index (χ0v) is 15.8. The van der Waals surface area contributed by atoms with Gasteiger partial charge in [-0.2, -0.15) is 0 Å². The Morgan fingerprint density at radius 2 is 2.12 bits per heavy atom. The summed E-state index contributed by atoms with van der Waals surface area (Å²) in [6, 6.07) is 4.93. The van der Waals surface area contributed by atoms with Gasteiger partial charge in [0.1, 0.15) is 6.10 Å². The van der Waals surface area contributed by atoms with E-state index in [9.17, 15) is 9.59 Å². The molecule has 2 amide bonds. The number of nitrogens with one attached hydrogen (secondary N) is 1. The highest BCUT2D eigenvalue weighted by molar-refractivity contribution is 6.31. The van der Waals surface area contributed by atoms with Crippen molar-refractivity contribution in [1.82, 2.24) is 4.90 Å². The highest BCUT2D eigenvalue weighted by atomic mass is 35.5. The fourth-order valence-electron chi connectivity index (χ4n) is 3.23. The molecule has 2 saturated heterocycles. The first-order valence-electron chi connectivity index (χ1n) is 9.17. The Labute approximate surface area is 158 Å². The molecule has 3 rings (SSSR count). The van der Waals surface area contributed by atoms with Crippen LogP contribution in [0.5, 0.6) is 0 Å². The summed E-state index contributed by atoms with van der Waals surface area (Å²) in [7, 11) is 0. The molecule has 1 aromatic rings. The van der Waals surface area contributed by atoms with Crippen LogP contribution in [0.1, 0.15) is 43.0 Å². The summed E-state index contributed by atoms with van der Waals surface area (Å²) in [5, 5.41) is 3.26. The maximum absolute atomic E-state index is 12.7. The van der Waals surface area contributed by atoms with Gasteiger partial charge in [-0.05, 0) is 50.8 Å². The minimum Gasteiger partial charge on any atom is -0.376 e. The lowest BCUT2D eigenvalue weighted by atomic mass is 10.1. The number of amides is 2. The molecule has 0 aromatic heterocycles. The van der Waals surface area contributed by atoms with E-state index in [1.807, 2.05) is 0 Å². The number of anilines is 1. The lowest BCUT2D eigenvalue weighted by molar-refractivity contribution is -0.128. The number of hydrogen-bond donors (Lipinski definition) is 1. The molecule has 0 spiro atoms. The topological polar surface area (TPSA) is 67.9 Å². The Kier molecular flexibility index (Phi) is 6.51. The molecule has 2 aliphatic rings. The van der Waals surface area contributed by atoms with Crippen molar-refractivity contribution in [2.75, 3.05) is 31.6 Å². The lowest BCUT2D eigenvalue weighted by Crippen LogP contribution is -2.32. The van der Waals surface area contributed by atoms with Crippen LogP contribution in [0.15, 0.2) is 18.2 Å². The summed E-state index contributed by atoms with van der Waals surface area (Å²) >= 11 is 6.07. The van der Waals surface area contributed by atoms with Crippen LogP contribution >= 0.6 is 11.6 Å². The molecule has 26 heavy (non-hydrogen) atoms. The van der Waals surface area contributed by atoms with Crippen molar-refractivity contribution in [3.05, 3.63) is 28.8 Å². The molecule has 1 N–H and O–H groups in total. The van der Waals surface area contributed by atoms with Crippen molar-refractivity contribution >= 4 is 29.1 Å². The number of benzene rings is 1. The van der Waals surface area contributed by atoms with E-state index in [4.69, 9.17) is 21.1 Å². The zero-order chi connectivity index (χ0) is 18.5. The van der Waals surface area contributed by atoms with Crippen molar-refractivity contribution in [2.45, 2.75) is 44.8 Å². The van der Waals surface area contributed by atoms with Gasteiger partial charge in [0, 0.05) is 24.7 Å². The largest absolute Gasteiger partial charge is 0.376 e. The standard InChI is InChI=1S/C19H25ClN2O4/c1-13(26-12-15-5-4-10-25-15)18(23)21-17-11-14(20)6-7-16(17)19(24)22-8-2-3-9-22/h6-7,11,13,15H,2-5,8-10,12H2,1H3,(H,21,23). The maximum atomic E-state index is 12.7. The molecule has 2 atom stereocenters. The minimum atomic E-state index is -0.645. The molecule has 0 radical (unpaired) electrons. The van der Waals surface area contributed by atoms with E-state index in [1.165, 1.54) is 0 Å². The number of likely N-dealkylation sites (tertiary alicyclic amines) is 1. The molecule has 0 aliphatic carbocycles. The molecule has 2 aliphatic heterocycles. The van der Waals surface area contributed by atoms with Crippen LogP contribution in [-0.2, 0) is 14.3 Å². The number of carbonyl (C=O) groups excluding carboxylic acids is 2. The summed E-state index contributed by atoms with van der Waals surface area (Å²) in [6.07, 6.45) is 3.41. The van der Waals surface area contributed by atoms with E-state index in [-0.39, 0.29) is 17.9 Å². The predicted octanol–water partition coefficient (Wildman–Crippen LogP) is 3.10. The van der Waals surface area contributed by atoms with Crippen LogP contribution in [0, 0.1) is 0 Å². The smallest absolute Gasteiger partial charge is 0.255 e. The molecule has 2 heterocycles. The molecule has 0 bridgehead atoms. The van der Waals surface area contributed by atoms with Gasteiger partial charge in [-0.25, -0.2) is 0 Å². The molecule has 1 aromatic carbocycles. The highest BCUT2D eigenvalue weighted by Gasteiger charge is 2.24. The molecule has 2 unspecified atom stereocenters. The number of ether oxygens (including phenoxy) is 2. The van der Waals surface area contributed by atoms with Gasteiger partial charge in [0.05, 0.1) is 24.0 Å². The van der Waals surface area contributed by atoms with Crippen molar-refractivity contribution in [2.24, 2.45) is 0 Å². The Bertz CT molecular complexity index is 655. The van der Waals surface area contributed by atoms with E-state index in [0.717, 1.165) is 45.4 Å². The molecule has 7 heteroatoms. The molecule has 142 valence electrons. The Hall–Kier alpha value is -1.63. The second-order valence-electron chi connectivity index (χ2n) is 6.79. The van der Waals surface area contributed by atoms with E-state index < -0.39 is 6.10 Å². The Morgan fingerprint density at radius 1 is 1.35 bits per heavy atom. The maximum Gasteiger partial charge on any atom is 0.255 e. The van der Waals surface area contributed by atoms with Gasteiger partial charge < -0.3 is 19.7 Å². The third-order valence-electron chi connectivity index (χ3n) is 4.79. The number of nitrogens with zero attached hydrogens (tertiary/aromatic N) is 1. The summed E-state index contributed by atoms with van der Waals surface area (Å²) in [5.41, 5.74) is 0.878. The van der Waals surface area contributed by atoms with Crippen molar-refractivity contribution in [3.8, 4) is 0 Å². The highest BCUT2D eigenvalue weighted by Crippen LogP contribution is 2.24. The average Bonchev–Trinajstić information content (AvgIpc) is 3.33. The Morgan fingerprint density at radius 3 is 2.81 bits per heavy atom. The first-order chi connectivity index (χ1) is 12.5. The first-order valence-corrected chi connectivity index (χ1v) is 9.55. The van der Waals surface area contributed by atoms with Crippen LogP contribution in [-0.4, -0.2) is 55.2 Å². The molecule has 2 fully saturated rings. The number of halogens is 1. The fourth-order valence-corrected chi connectivity index (χ4v) is 3.41. The van der Waals surface area contributed by atoms with Gasteiger partial charge >= 0.3 is 0 Å². The van der Waals surface area contributed by atoms with Crippen LogP contribution in [0.25, 0.3) is 0 Å². The van der Waals surface area contributed by atoms with Crippen molar-refractivity contribution < 1.29 is 19.1 Å². The SMILES string of the molecule is CC(OCC1CCCO1)C(=O)Nc1cc(Cl)ccc1C(=O)N1CCCC1. The minimum absolute atomic E-state index is 0.0590. The van der Waals surface area contributed by atoms with Gasteiger partial charge in [0.25, 0.3) is 11.8 Å². The van der Waals surface area contributed by atoms with E-state index in [1.54, 1.807) is 30.0 Å². The Balaban J connectivity index is 1.64. The van der Waals surface area contributed by atoms with Crippen LogP contribution in [0.4, 0.5) is 5.69 Å². The van der Waals surface area contributed by atoms with Crippen LogP contribution < -0.4 is 5.32 Å². The first kappa shape index (κ1) is 19.1. The predicted molar refractivity (Wildman–Crippen MR) is 99.6 cm³/mol. The summed E-state index contributed by atoms with van der Waals surface area (Å²) in [4.78, 5) is 27.0. The van der Waals surface area contributed by atoms with Crippen molar-refractivity contribution in [3.63, 3.8) is 0 Å². The van der Waals surface area contributed by atoms with Gasteiger partial charge in [-0.3, -0.25) is 9.59 Å². The molecular weight excluding hydrogens is 356 g/mol. The third-order valence-corrected chi connectivity index (χ3v) is 5.02. The van der Waals surface area contributed by atoms with Crippen LogP contribution in [0.2, 0.25) is 5.02 Å².